The molecule has 0 amide bonds. The highest BCUT2D eigenvalue weighted by Crippen LogP contribution is 2.22. The average molecular weight is 260 g/mol. The fourth-order valence-electron chi connectivity index (χ4n) is 2.62. The lowest BCUT2D eigenvalue weighted by Gasteiger charge is -2.21. The molecule has 0 saturated carbocycles. The monoisotopic (exact) mass is 260 g/mol. The number of aromatic nitrogens is 2. The van der Waals surface area contributed by atoms with Crippen LogP contribution in [0.4, 0.5) is 5.69 Å². The van der Waals surface area contributed by atoms with Gasteiger partial charge in [0.1, 0.15) is 5.82 Å². The Kier molecular flexibility index (Phi) is 3.16. The molecule has 0 aliphatic carbocycles. The number of fused-ring (bicyclic) bond motifs is 1. The van der Waals surface area contributed by atoms with E-state index in [4.69, 9.17) is 0 Å². The fourth-order valence-corrected chi connectivity index (χ4v) is 2.62. The fraction of sp³-hybridized carbons (Fsp3) is 0.462. The summed E-state index contributed by atoms with van der Waals surface area (Å²) >= 11 is 0. The lowest BCUT2D eigenvalue weighted by Crippen LogP contribution is -2.28. The number of imidazole rings is 1. The summed E-state index contributed by atoms with van der Waals surface area (Å²) in [6, 6.07) is 4.75. The zero-order chi connectivity index (χ0) is 13.2. The van der Waals surface area contributed by atoms with Crippen molar-refractivity contribution in [2.45, 2.75) is 19.3 Å². The first-order valence-corrected chi connectivity index (χ1v) is 6.56. The summed E-state index contributed by atoms with van der Waals surface area (Å²) in [5.74, 6) is 1.58. The van der Waals surface area contributed by atoms with Gasteiger partial charge in [-0.05, 0) is 37.9 Å². The normalized spacial score (nSPS) is 16.8. The molecule has 6 nitrogen and oxygen atoms in total. The molecule has 0 spiro atoms. The molecule has 100 valence electrons. The molecule has 1 aliphatic heterocycles. The summed E-state index contributed by atoms with van der Waals surface area (Å²) in [4.78, 5) is 18.1. The van der Waals surface area contributed by atoms with E-state index in [0.717, 1.165) is 49.2 Å². The van der Waals surface area contributed by atoms with Crippen molar-refractivity contribution in [1.29, 1.82) is 0 Å². The lowest BCUT2D eigenvalue weighted by atomic mass is 9.94. The summed E-state index contributed by atoms with van der Waals surface area (Å²) in [5.41, 5.74) is 1.65. The highest BCUT2D eigenvalue weighted by molar-refractivity contribution is 5.77. The van der Waals surface area contributed by atoms with Crippen molar-refractivity contribution in [2.24, 2.45) is 5.92 Å². The van der Waals surface area contributed by atoms with Crippen molar-refractivity contribution in [1.82, 2.24) is 15.3 Å². The predicted molar refractivity (Wildman–Crippen MR) is 72.0 cm³/mol. The Hall–Kier alpha value is -1.95. The molecule has 1 aromatic carbocycles. The van der Waals surface area contributed by atoms with E-state index in [-0.39, 0.29) is 10.6 Å². The topological polar surface area (TPSA) is 83.8 Å². The van der Waals surface area contributed by atoms with Crippen LogP contribution in [-0.4, -0.2) is 28.0 Å². The molecule has 1 saturated heterocycles. The van der Waals surface area contributed by atoms with E-state index in [9.17, 15) is 10.1 Å². The molecule has 19 heavy (non-hydrogen) atoms. The summed E-state index contributed by atoms with van der Waals surface area (Å²) in [7, 11) is 0. The molecule has 1 aromatic heterocycles. The van der Waals surface area contributed by atoms with Crippen LogP contribution in [0.3, 0.4) is 0 Å². The third kappa shape index (κ3) is 2.58. The van der Waals surface area contributed by atoms with Gasteiger partial charge in [0, 0.05) is 18.6 Å². The molecule has 1 fully saturated rings. The largest absolute Gasteiger partial charge is 0.342 e. The van der Waals surface area contributed by atoms with Crippen molar-refractivity contribution >= 4 is 16.7 Å². The van der Waals surface area contributed by atoms with E-state index in [2.05, 4.69) is 15.3 Å². The van der Waals surface area contributed by atoms with E-state index in [1.54, 1.807) is 12.1 Å². The molecular weight excluding hydrogens is 244 g/mol. The number of aromatic amines is 1. The number of piperidine rings is 1. The average Bonchev–Trinajstić information content (AvgIpc) is 2.80. The Bertz CT molecular complexity index is 602. The Balaban J connectivity index is 1.82. The SMILES string of the molecule is O=[N+]([O-])c1ccc2nc(CC3CCNCC3)[nH]c2c1. The van der Waals surface area contributed by atoms with Gasteiger partial charge in [-0.15, -0.1) is 0 Å². The van der Waals surface area contributed by atoms with Crippen molar-refractivity contribution in [3.8, 4) is 0 Å². The summed E-state index contributed by atoms with van der Waals surface area (Å²) in [5, 5.41) is 14.1. The molecule has 0 atom stereocenters. The second kappa shape index (κ2) is 4.97. The van der Waals surface area contributed by atoms with E-state index < -0.39 is 0 Å². The standard InChI is InChI=1S/C13H16N4O2/c18-17(19)10-1-2-11-12(8-10)16-13(15-11)7-9-3-5-14-6-4-9/h1-2,8-9,14H,3-7H2,(H,15,16). The van der Waals surface area contributed by atoms with Crippen molar-refractivity contribution in [3.05, 3.63) is 34.1 Å². The second-order valence-electron chi connectivity index (χ2n) is 5.04. The smallest absolute Gasteiger partial charge is 0.271 e. The Morgan fingerprint density at radius 2 is 2.16 bits per heavy atom. The van der Waals surface area contributed by atoms with Gasteiger partial charge in [-0.1, -0.05) is 0 Å². The number of rotatable bonds is 3. The number of H-pyrrole nitrogens is 1. The second-order valence-corrected chi connectivity index (χ2v) is 5.04. The van der Waals surface area contributed by atoms with Crippen LogP contribution in [0.2, 0.25) is 0 Å². The van der Waals surface area contributed by atoms with Crippen molar-refractivity contribution in [2.75, 3.05) is 13.1 Å². The van der Waals surface area contributed by atoms with Crippen LogP contribution < -0.4 is 5.32 Å². The minimum absolute atomic E-state index is 0.101. The van der Waals surface area contributed by atoms with Gasteiger partial charge < -0.3 is 10.3 Å². The maximum absolute atomic E-state index is 10.7. The van der Waals surface area contributed by atoms with Crippen molar-refractivity contribution < 1.29 is 4.92 Å². The van der Waals surface area contributed by atoms with Gasteiger partial charge in [-0.3, -0.25) is 10.1 Å². The van der Waals surface area contributed by atoms with E-state index in [1.807, 2.05) is 0 Å². The van der Waals surface area contributed by atoms with Gasteiger partial charge in [0.15, 0.2) is 0 Å². The van der Waals surface area contributed by atoms with Crippen LogP contribution in [0.1, 0.15) is 18.7 Å². The van der Waals surface area contributed by atoms with Gasteiger partial charge in [0.05, 0.1) is 16.0 Å². The molecule has 1 aliphatic rings. The number of non-ortho nitro benzene ring substituents is 1. The minimum atomic E-state index is -0.382. The van der Waals surface area contributed by atoms with Crippen LogP contribution in [0.25, 0.3) is 11.0 Å². The number of nitro benzene ring substituents is 1. The molecule has 2 aromatic rings. The summed E-state index contributed by atoms with van der Waals surface area (Å²) in [6.07, 6.45) is 3.25. The van der Waals surface area contributed by atoms with Gasteiger partial charge in [0.2, 0.25) is 0 Å². The molecule has 3 rings (SSSR count). The van der Waals surface area contributed by atoms with Crippen molar-refractivity contribution in [3.63, 3.8) is 0 Å². The molecule has 2 heterocycles. The Morgan fingerprint density at radius 3 is 2.89 bits per heavy atom. The van der Waals surface area contributed by atoms with Crippen LogP contribution in [0.5, 0.6) is 0 Å². The predicted octanol–water partition coefficient (Wildman–Crippen LogP) is 2.01. The number of hydrogen-bond donors (Lipinski definition) is 2. The molecule has 2 N–H and O–H groups in total. The number of nitro groups is 1. The first-order chi connectivity index (χ1) is 9.22. The zero-order valence-electron chi connectivity index (χ0n) is 10.6. The quantitative estimate of drug-likeness (QED) is 0.653. The first kappa shape index (κ1) is 12.1. The lowest BCUT2D eigenvalue weighted by molar-refractivity contribution is -0.384. The molecular formula is C13H16N4O2. The van der Waals surface area contributed by atoms with E-state index >= 15 is 0 Å². The summed E-state index contributed by atoms with van der Waals surface area (Å²) < 4.78 is 0. The maximum atomic E-state index is 10.7. The van der Waals surface area contributed by atoms with Gasteiger partial charge in [-0.2, -0.15) is 0 Å². The number of nitrogens with one attached hydrogen (secondary N) is 2. The number of nitrogens with zero attached hydrogens (tertiary/aromatic N) is 2. The summed E-state index contributed by atoms with van der Waals surface area (Å²) in [6.45, 7) is 2.13. The maximum Gasteiger partial charge on any atom is 0.271 e. The van der Waals surface area contributed by atoms with Gasteiger partial charge >= 0.3 is 0 Å². The molecule has 0 radical (unpaired) electrons. The third-order valence-electron chi connectivity index (χ3n) is 3.67. The van der Waals surface area contributed by atoms with E-state index in [0.29, 0.717) is 5.92 Å². The van der Waals surface area contributed by atoms with Crippen LogP contribution in [0.15, 0.2) is 18.2 Å². The van der Waals surface area contributed by atoms with Gasteiger partial charge in [0.25, 0.3) is 5.69 Å². The van der Waals surface area contributed by atoms with Crippen LogP contribution in [0, 0.1) is 16.0 Å². The minimum Gasteiger partial charge on any atom is -0.342 e. The van der Waals surface area contributed by atoms with E-state index in [1.165, 1.54) is 6.07 Å². The first-order valence-electron chi connectivity index (χ1n) is 6.56. The molecule has 6 heteroatoms. The Labute approximate surface area is 110 Å². The zero-order valence-corrected chi connectivity index (χ0v) is 10.6. The number of hydrogen-bond acceptors (Lipinski definition) is 4. The van der Waals surface area contributed by atoms with Crippen LogP contribution in [-0.2, 0) is 6.42 Å². The van der Waals surface area contributed by atoms with Crippen LogP contribution >= 0.6 is 0 Å². The Morgan fingerprint density at radius 1 is 1.37 bits per heavy atom. The molecule has 0 bridgehead atoms. The molecule has 0 unspecified atom stereocenters. The highest BCUT2D eigenvalue weighted by atomic mass is 16.6. The third-order valence-corrected chi connectivity index (χ3v) is 3.67. The van der Waals surface area contributed by atoms with Gasteiger partial charge in [-0.25, -0.2) is 4.98 Å². The highest BCUT2D eigenvalue weighted by Gasteiger charge is 2.16. The number of benzene rings is 1.